The van der Waals surface area contributed by atoms with E-state index in [2.05, 4.69) is 11.9 Å². The molecule has 21 heavy (non-hydrogen) atoms. The maximum absolute atomic E-state index is 12.0. The van der Waals surface area contributed by atoms with Crippen molar-refractivity contribution in [3.63, 3.8) is 0 Å². The van der Waals surface area contributed by atoms with Gasteiger partial charge in [-0.15, -0.1) is 0 Å². The SMILES string of the molecule is C=C(C)COc1ccc(C(=O)Nc2ccc(O)cc2)cc1. The van der Waals surface area contributed by atoms with Crippen LogP contribution in [-0.4, -0.2) is 17.6 Å². The molecule has 0 saturated carbocycles. The highest BCUT2D eigenvalue weighted by atomic mass is 16.5. The molecule has 0 fully saturated rings. The molecule has 108 valence electrons. The molecular weight excluding hydrogens is 266 g/mol. The van der Waals surface area contributed by atoms with Crippen LogP contribution >= 0.6 is 0 Å². The summed E-state index contributed by atoms with van der Waals surface area (Å²) < 4.78 is 5.47. The summed E-state index contributed by atoms with van der Waals surface area (Å²) in [7, 11) is 0. The number of hydrogen-bond acceptors (Lipinski definition) is 3. The summed E-state index contributed by atoms with van der Waals surface area (Å²) in [6.07, 6.45) is 0. The lowest BCUT2D eigenvalue weighted by Crippen LogP contribution is -2.11. The molecule has 0 spiro atoms. The molecule has 2 aromatic rings. The molecule has 0 radical (unpaired) electrons. The normalized spacial score (nSPS) is 9.95. The van der Waals surface area contributed by atoms with Crippen LogP contribution in [-0.2, 0) is 0 Å². The minimum atomic E-state index is -0.216. The first-order chi connectivity index (χ1) is 10.0. The van der Waals surface area contributed by atoms with E-state index in [9.17, 15) is 9.90 Å². The predicted octanol–water partition coefficient (Wildman–Crippen LogP) is 3.60. The number of hydrogen-bond donors (Lipinski definition) is 2. The van der Waals surface area contributed by atoms with Gasteiger partial charge in [0, 0.05) is 11.3 Å². The van der Waals surface area contributed by atoms with Gasteiger partial charge in [-0.05, 0) is 61.0 Å². The molecule has 0 atom stereocenters. The van der Waals surface area contributed by atoms with Crippen LogP contribution in [0.2, 0.25) is 0 Å². The van der Waals surface area contributed by atoms with Crippen LogP contribution in [0.1, 0.15) is 17.3 Å². The molecular formula is C17H17NO3. The van der Waals surface area contributed by atoms with Gasteiger partial charge in [-0.25, -0.2) is 0 Å². The fourth-order valence-electron chi connectivity index (χ4n) is 1.66. The number of benzene rings is 2. The third-order valence-corrected chi connectivity index (χ3v) is 2.73. The number of ether oxygens (including phenoxy) is 1. The Balaban J connectivity index is 1.99. The lowest BCUT2D eigenvalue weighted by molar-refractivity contribution is 0.102. The summed E-state index contributed by atoms with van der Waals surface area (Å²) >= 11 is 0. The molecule has 2 N–H and O–H groups in total. The second-order valence-corrected chi connectivity index (χ2v) is 4.77. The number of amides is 1. The molecule has 2 aromatic carbocycles. The van der Waals surface area contributed by atoms with Crippen LogP contribution in [0.15, 0.2) is 60.7 Å². The minimum Gasteiger partial charge on any atom is -0.508 e. The van der Waals surface area contributed by atoms with Gasteiger partial charge >= 0.3 is 0 Å². The zero-order chi connectivity index (χ0) is 15.2. The average Bonchev–Trinajstić information content (AvgIpc) is 2.48. The van der Waals surface area contributed by atoms with Crippen molar-refractivity contribution in [3.05, 3.63) is 66.2 Å². The van der Waals surface area contributed by atoms with Crippen molar-refractivity contribution in [2.24, 2.45) is 0 Å². The van der Waals surface area contributed by atoms with Crippen LogP contribution in [0.4, 0.5) is 5.69 Å². The maximum atomic E-state index is 12.0. The van der Waals surface area contributed by atoms with Crippen LogP contribution in [0, 0.1) is 0 Å². The Morgan fingerprint density at radius 2 is 1.76 bits per heavy atom. The molecule has 0 heterocycles. The van der Waals surface area contributed by atoms with Gasteiger partial charge in [0.25, 0.3) is 5.91 Å². The first-order valence-electron chi connectivity index (χ1n) is 6.52. The highest BCUT2D eigenvalue weighted by Gasteiger charge is 2.06. The number of rotatable bonds is 5. The number of anilines is 1. The first-order valence-corrected chi connectivity index (χ1v) is 6.52. The summed E-state index contributed by atoms with van der Waals surface area (Å²) in [4.78, 5) is 12.0. The summed E-state index contributed by atoms with van der Waals surface area (Å²) in [5, 5.41) is 11.9. The topological polar surface area (TPSA) is 58.6 Å². The third kappa shape index (κ3) is 4.38. The van der Waals surface area contributed by atoms with Crippen LogP contribution < -0.4 is 10.1 Å². The third-order valence-electron chi connectivity index (χ3n) is 2.73. The van der Waals surface area contributed by atoms with Crippen LogP contribution in [0.5, 0.6) is 11.5 Å². The van der Waals surface area contributed by atoms with Gasteiger partial charge < -0.3 is 15.2 Å². The second kappa shape index (κ2) is 6.61. The minimum absolute atomic E-state index is 0.159. The van der Waals surface area contributed by atoms with E-state index < -0.39 is 0 Å². The Morgan fingerprint density at radius 1 is 1.14 bits per heavy atom. The standard InChI is InChI=1S/C17H17NO3/c1-12(2)11-21-16-9-3-13(4-10-16)17(20)18-14-5-7-15(19)8-6-14/h3-10,19H,1,11H2,2H3,(H,18,20). The fourth-order valence-corrected chi connectivity index (χ4v) is 1.66. The van der Waals surface area contributed by atoms with E-state index in [4.69, 9.17) is 4.74 Å². The Kier molecular flexibility index (Phi) is 4.61. The molecule has 0 saturated heterocycles. The van der Waals surface area contributed by atoms with Gasteiger partial charge in [0.05, 0.1) is 0 Å². The Bertz CT molecular complexity index is 630. The summed E-state index contributed by atoms with van der Waals surface area (Å²) in [6.45, 7) is 6.11. The predicted molar refractivity (Wildman–Crippen MR) is 82.8 cm³/mol. The number of carbonyl (C=O) groups excluding carboxylic acids is 1. The van der Waals surface area contributed by atoms with Crippen LogP contribution in [0.3, 0.4) is 0 Å². The van der Waals surface area contributed by atoms with E-state index in [0.29, 0.717) is 23.6 Å². The molecule has 0 aliphatic carbocycles. The lowest BCUT2D eigenvalue weighted by Gasteiger charge is -2.08. The van der Waals surface area contributed by atoms with Crippen molar-refractivity contribution in [2.75, 3.05) is 11.9 Å². The Morgan fingerprint density at radius 3 is 2.33 bits per heavy atom. The maximum Gasteiger partial charge on any atom is 0.255 e. The Labute approximate surface area is 123 Å². The van der Waals surface area contributed by atoms with E-state index >= 15 is 0 Å². The average molecular weight is 283 g/mol. The molecule has 4 heteroatoms. The zero-order valence-corrected chi connectivity index (χ0v) is 11.8. The molecule has 0 bridgehead atoms. The molecule has 2 rings (SSSR count). The van der Waals surface area contributed by atoms with Gasteiger partial charge in [0.15, 0.2) is 0 Å². The van der Waals surface area contributed by atoms with Crippen LogP contribution in [0.25, 0.3) is 0 Å². The van der Waals surface area contributed by atoms with Gasteiger partial charge in [-0.2, -0.15) is 0 Å². The zero-order valence-electron chi connectivity index (χ0n) is 11.8. The quantitative estimate of drug-likeness (QED) is 0.651. The molecule has 0 aromatic heterocycles. The molecule has 4 nitrogen and oxygen atoms in total. The van der Waals surface area contributed by atoms with Gasteiger partial charge in [0.1, 0.15) is 18.1 Å². The summed E-state index contributed by atoms with van der Waals surface area (Å²) in [5.74, 6) is 0.637. The van der Waals surface area contributed by atoms with Crippen molar-refractivity contribution in [1.29, 1.82) is 0 Å². The van der Waals surface area contributed by atoms with Gasteiger partial charge in [-0.3, -0.25) is 4.79 Å². The molecule has 0 unspecified atom stereocenters. The fraction of sp³-hybridized carbons (Fsp3) is 0.118. The second-order valence-electron chi connectivity index (χ2n) is 4.77. The number of nitrogens with one attached hydrogen (secondary N) is 1. The number of carbonyl (C=O) groups is 1. The highest BCUT2D eigenvalue weighted by molar-refractivity contribution is 6.04. The van der Waals surface area contributed by atoms with E-state index in [0.717, 1.165) is 5.57 Å². The van der Waals surface area contributed by atoms with Crippen molar-refractivity contribution >= 4 is 11.6 Å². The smallest absolute Gasteiger partial charge is 0.255 e. The Hall–Kier alpha value is -2.75. The van der Waals surface area contributed by atoms with E-state index in [1.807, 2.05) is 6.92 Å². The van der Waals surface area contributed by atoms with Gasteiger partial charge in [0.2, 0.25) is 0 Å². The van der Waals surface area contributed by atoms with E-state index in [1.165, 1.54) is 12.1 Å². The molecule has 0 aliphatic heterocycles. The first kappa shape index (κ1) is 14.7. The number of phenols is 1. The van der Waals surface area contributed by atoms with E-state index in [-0.39, 0.29) is 11.7 Å². The largest absolute Gasteiger partial charge is 0.508 e. The van der Waals surface area contributed by atoms with Crippen molar-refractivity contribution < 1.29 is 14.6 Å². The molecule has 1 amide bonds. The highest BCUT2D eigenvalue weighted by Crippen LogP contribution is 2.17. The van der Waals surface area contributed by atoms with E-state index in [1.54, 1.807) is 36.4 Å². The molecule has 0 aliphatic rings. The van der Waals surface area contributed by atoms with Crippen molar-refractivity contribution in [2.45, 2.75) is 6.92 Å². The van der Waals surface area contributed by atoms with Crippen molar-refractivity contribution in [1.82, 2.24) is 0 Å². The lowest BCUT2D eigenvalue weighted by atomic mass is 10.2. The summed E-state index contributed by atoms with van der Waals surface area (Å²) in [6, 6.07) is 13.2. The summed E-state index contributed by atoms with van der Waals surface area (Å²) in [5.41, 5.74) is 2.09. The number of aromatic hydroxyl groups is 1. The van der Waals surface area contributed by atoms with Crippen molar-refractivity contribution in [3.8, 4) is 11.5 Å². The monoisotopic (exact) mass is 283 g/mol. The van der Waals surface area contributed by atoms with Gasteiger partial charge in [-0.1, -0.05) is 6.58 Å². The number of phenolic OH excluding ortho intramolecular Hbond substituents is 1.